The molecule has 2 aromatic heterocycles. The summed E-state index contributed by atoms with van der Waals surface area (Å²) in [7, 11) is 2.08. The Hall–Kier alpha value is -2.58. The van der Waals surface area contributed by atoms with Crippen molar-refractivity contribution in [2.24, 2.45) is 0 Å². The first-order valence-electron chi connectivity index (χ1n) is 7.96. The van der Waals surface area contributed by atoms with Gasteiger partial charge in [-0.05, 0) is 18.7 Å². The van der Waals surface area contributed by atoms with Crippen molar-refractivity contribution in [1.29, 1.82) is 0 Å². The Bertz CT molecular complexity index is 798. The Labute approximate surface area is 139 Å². The quantitative estimate of drug-likeness (QED) is 0.764. The second-order valence-corrected chi connectivity index (χ2v) is 5.91. The number of hydrogen-bond donors (Lipinski definition) is 1. The first-order valence-corrected chi connectivity index (χ1v) is 7.96. The summed E-state index contributed by atoms with van der Waals surface area (Å²) >= 11 is 0. The van der Waals surface area contributed by atoms with E-state index in [-0.39, 0.29) is 6.04 Å². The SMILES string of the molecule is CN1CCNCC1c1noc(-c2ccccc2Cn2cncn2)n1. The third kappa shape index (κ3) is 2.93. The largest absolute Gasteiger partial charge is 0.334 e. The zero-order valence-electron chi connectivity index (χ0n) is 13.5. The van der Waals surface area contributed by atoms with Crippen molar-refractivity contribution in [2.45, 2.75) is 12.6 Å². The summed E-state index contributed by atoms with van der Waals surface area (Å²) in [6.45, 7) is 3.39. The highest BCUT2D eigenvalue weighted by molar-refractivity contribution is 5.58. The van der Waals surface area contributed by atoms with Gasteiger partial charge in [-0.3, -0.25) is 4.90 Å². The Morgan fingerprint density at radius 1 is 1.33 bits per heavy atom. The maximum absolute atomic E-state index is 5.55. The minimum atomic E-state index is 0.138. The number of nitrogens with zero attached hydrogens (tertiary/aromatic N) is 6. The Morgan fingerprint density at radius 3 is 3.08 bits per heavy atom. The van der Waals surface area contributed by atoms with Gasteiger partial charge in [0.2, 0.25) is 0 Å². The Kier molecular flexibility index (Phi) is 4.06. The molecule has 1 fully saturated rings. The molecule has 0 spiro atoms. The number of piperazine rings is 1. The van der Waals surface area contributed by atoms with Crippen LogP contribution in [0.5, 0.6) is 0 Å². The number of benzene rings is 1. The molecule has 3 aromatic rings. The van der Waals surface area contributed by atoms with Crippen molar-refractivity contribution in [1.82, 2.24) is 35.1 Å². The van der Waals surface area contributed by atoms with E-state index in [2.05, 4.69) is 37.5 Å². The third-order valence-corrected chi connectivity index (χ3v) is 4.30. The lowest BCUT2D eigenvalue weighted by Crippen LogP contribution is -2.44. The van der Waals surface area contributed by atoms with Crippen molar-refractivity contribution in [3.05, 3.63) is 48.3 Å². The van der Waals surface area contributed by atoms with Gasteiger partial charge >= 0.3 is 0 Å². The predicted molar refractivity (Wildman–Crippen MR) is 87.1 cm³/mol. The number of nitrogens with one attached hydrogen (secondary N) is 1. The monoisotopic (exact) mass is 325 g/mol. The molecule has 1 atom stereocenters. The van der Waals surface area contributed by atoms with Crippen LogP contribution in [0.25, 0.3) is 11.5 Å². The molecule has 1 N–H and O–H groups in total. The van der Waals surface area contributed by atoms with Gasteiger partial charge in [-0.15, -0.1) is 0 Å². The molecular formula is C16H19N7O. The maximum Gasteiger partial charge on any atom is 0.258 e. The molecule has 0 radical (unpaired) electrons. The zero-order valence-corrected chi connectivity index (χ0v) is 13.5. The first-order chi connectivity index (χ1) is 11.8. The van der Waals surface area contributed by atoms with Crippen LogP contribution in [0.1, 0.15) is 17.4 Å². The summed E-state index contributed by atoms with van der Waals surface area (Å²) in [6, 6.07) is 8.13. The molecule has 8 heteroatoms. The van der Waals surface area contributed by atoms with E-state index in [1.54, 1.807) is 11.0 Å². The topological polar surface area (TPSA) is 84.9 Å². The van der Waals surface area contributed by atoms with E-state index in [1.807, 2.05) is 24.3 Å². The minimum absolute atomic E-state index is 0.138. The van der Waals surface area contributed by atoms with Crippen LogP contribution in [-0.4, -0.2) is 56.5 Å². The fraction of sp³-hybridized carbons (Fsp3) is 0.375. The second kappa shape index (κ2) is 6.50. The van der Waals surface area contributed by atoms with Crippen LogP contribution in [0.4, 0.5) is 0 Å². The molecule has 1 aliphatic heterocycles. The molecule has 0 saturated carbocycles. The second-order valence-electron chi connectivity index (χ2n) is 5.91. The standard InChI is InChI=1S/C16H19N7O/c1-22-7-6-17-8-14(22)15-20-16(24-21-15)13-5-3-2-4-12(13)9-23-11-18-10-19-23/h2-5,10-11,14,17H,6-9H2,1H3. The number of aromatic nitrogens is 5. The fourth-order valence-corrected chi connectivity index (χ4v) is 2.93. The summed E-state index contributed by atoms with van der Waals surface area (Å²) in [5.74, 6) is 1.26. The number of likely N-dealkylation sites (N-methyl/N-ethyl adjacent to an activating group) is 1. The average molecular weight is 325 g/mol. The molecule has 8 nitrogen and oxygen atoms in total. The fourth-order valence-electron chi connectivity index (χ4n) is 2.93. The van der Waals surface area contributed by atoms with E-state index < -0.39 is 0 Å². The summed E-state index contributed by atoms with van der Waals surface area (Å²) in [5.41, 5.74) is 1.99. The maximum atomic E-state index is 5.55. The summed E-state index contributed by atoms with van der Waals surface area (Å²) in [4.78, 5) is 10.9. The third-order valence-electron chi connectivity index (χ3n) is 4.30. The molecule has 0 aliphatic carbocycles. The van der Waals surface area contributed by atoms with Gasteiger partial charge in [0.25, 0.3) is 5.89 Å². The molecule has 24 heavy (non-hydrogen) atoms. The normalized spacial score (nSPS) is 18.8. The highest BCUT2D eigenvalue weighted by Crippen LogP contribution is 2.25. The molecule has 1 unspecified atom stereocenters. The van der Waals surface area contributed by atoms with Crippen molar-refractivity contribution in [3.8, 4) is 11.5 Å². The van der Waals surface area contributed by atoms with Gasteiger partial charge < -0.3 is 9.84 Å². The summed E-state index contributed by atoms with van der Waals surface area (Å²) in [5, 5.41) is 11.7. The molecule has 1 aromatic carbocycles. The highest BCUT2D eigenvalue weighted by Gasteiger charge is 2.25. The van der Waals surface area contributed by atoms with Crippen molar-refractivity contribution in [3.63, 3.8) is 0 Å². The molecule has 124 valence electrons. The van der Waals surface area contributed by atoms with Crippen LogP contribution in [0.2, 0.25) is 0 Å². The molecule has 1 saturated heterocycles. The van der Waals surface area contributed by atoms with E-state index in [0.717, 1.165) is 36.6 Å². The first kappa shape index (κ1) is 15.0. The van der Waals surface area contributed by atoms with Gasteiger partial charge in [-0.1, -0.05) is 23.4 Å². The van der Waals surface area contributed by atoms with Gasteiger partial charge in [-0.25, -0.2) is 9.67 Å². The lowest BCUT2D eigenvalue weighted by molar-refractivity contribution is 0.190. The molecule has 1 aliphatic rings. The van der Waals surface area contributed by atoms with Crippen LogP contribution >= 0.6 is 0 Å². The zero-order chi connectivity index (χ0) is 16.4. The summed E-state index contributed by atoms with van der Waals surface area (Å²) in [6.07, 6.45) is 3.22. The minimum Gasteiger partial charge on any atom is -0.334 e. The van der Waals surface area contributed by atoms with E-state index in [4.69, 9.17) is 4.52 Å². The molecular weight excluding hydrogens is 306 g/mol. The average Bonchev–Trinajstić information content (AvgIpc) is 3.28. The van der Waals surface area contributed by atoms with Gasteiger partial charge in [0, 0.05) is 25.2 Å². The van der Waals surface area contributed by atoms with Crippen LogP contribution in [0.3, 0.4) is 0 Å². The van der Waals surface area contributed by atoms with Gasteiger partial charge in [-0.2, -0.15) is 10.1 Å². The highest BCUT2D eigenvalue weighted by atomic mass is 16.5. The lowest BCUT2D eigenvalue weighted by Gasteiger charge is -2.30. The van der Waals surface area contributed by atoms with E-state index in [0.29, 0.717) is 12.4 Å². The van der Waals surface area contributed by atoms with Gasteiger partial charge in [0.15, 0.2) is 5.82 Å². The molecule has 4 rings (SSSR count). The van der Waals surface area contributed by atoms with Gasteiger partial charge in [0.05, 0.1) is 12.6 Å². The van der Waals surface area contributed by atoms with Crippen molar-refractivity contribution >= 4 is 0 Å². The van der Waals surface area contributed by atoms with Crippen LogP contribution in [0, 0.1) is 0 Å². The van der Waals surface area contributed by atoms with Crippen LogP contribution < -0.4 is 5.32 Å². The van der Waals surface area contributed by atoms with Crippen molar-refractivity contribution < 1.29 is 4.52 Å². The predicted octanol–water partition coefficient (Wildman–Crippen LogP) is 0.952. The Balaban J connectivity index is 1.62. The smallest absolute Gasteiger partial charge is 0.258 e. The lowest BCUT2D eigenvalue weighted by atomic mass is 10.1. The van der Waals surface area contributed by atoms with Crippen LogP contribution in [0.15, 0.2) is 41.4 Å². The molecule has 3 heterocycles. The number of rotatable bonds is 4. The molecule has 0 amide bonds. The number of hydrogen-bond acceptors (Lipinski definition) is 7. The van der Waals surface area contributed by atoms with E-state index >= 15 is 0 Å². The van der Waals surface area contributed by atoms with E-state index in [9.17, 15) is 0 Å². The van der Waals surface area contributed by atoms with Gasteiger partial charge in [0.1, 0.15) is 12.7 Å². The molecule has 0 bridgehead atoms. The summed E-state index contributed by atoms with van der Waals surface area (Å²) < 4.78 is 7.32. The van der Waals surface area contributed by atoms with Crippen LogP contribution in [-0.2, 0) is 6.54 Å². The Morgan fingerprint density at radius 2 is 2.25 bits per heavy atom. The van der Waals surface area contributed by atoms with Crippen molar-refractivity contribution in [2.75, 3.05) is 26.7 Å². The van der Waals surface area contributed by atoms with E-state index in [1.165, 1.54) is 6.33 Å².